The maximum atomic E-state index is 6.02. The molecule has 1 aromatic heterocycles. The van der Waals surface area contributed by atoms with E-state index in [0.717, 1.165) is 31.6 Å². The van der Waals surface area contributed by atoms with Gasteiger partial charge in [0.15, 0.2) is 0 Å². The van der Waals surface area contributed by atoms with Crippen LogP contribution in [0.25, 0.3) is 0 Å². The molecule has 3 heteroatoms. The Labute approximate surface area is 90.0 Å². The molecule has 1 aliphatic rings. The van der Waals surface area contributed by atoms with Gasteiger partial charge >= 0.3 is 0 Å². The molecule has 0 spiro atoms. The molecule has 2 N–H and O–H groups in total. The van der Waals surface area contributed by atoms with E-state index in [1.165, 1.54) is 5.56 Å². The van der Waals surface area contributed by atoms with Crippen molar-refractivity contribution in [3.63, 3.8) is 0 Å². The molecule has 0 fully saturated rings. The lowest BCUT2D eigenvalue weighted by Gasteiger charge is -2.12. The third-order valence-electron chi connectivity index (χ3n) is 2.59. The molecule has 1 aliphatic heterocycles. The summed E-state index contributed by atoms with van der Waals surface area (Å²) in [7, 11) is 0. The summed E-state index contributed by atoms with van der Waals surface area (Å²) < 4.78 is 5.43. The van der Waals surface area contributed by atoms with Crippen molar-refractivity contribution in [1.82, 2.24) is 4.98 Å². The second kappa shape index (κ2) is 4.94. The summed E-state index contributed by atoms with van der Waals surface area (Å²) in [5.41, 5.74) is 7.29. The number of ether oxygens (including phenoxy) is 1. The maximum Gasteiger partial charge on any atom is 0.109 e. The first kappa shape index (κ1) is 10.2. The Morgan fingerprint density at radius 2 is 2.20 bits per heavy atom. The van der Waals surface area contributed by atoms with E-state index in [1.807, 2.05) is 24.5 Å². The van der Waals surface area contributed by atoms with E-state index in [4.69, 9.17) is 10.5 Å². The first-order valence-corrected chi connectivity index (χ1v) is 5.33. The van der Waals surface area contributed by atoms with Gasteiger partial charge in [-0.05, 0) is 36.6 Å². The fourth-order valence-electron chi connectivity index (χ4n) is 1.71. The first-order chi connectivity index (χ1) is 7.36. The minimum Gasteiger partial charge on any atom is -0.496 e. The van der Waals surface area contributed by atoms with Crippen molar-refractivity contribution in [2.75, 3.05) is 6.61 Å². The number of hydrogen-bond donors (Lipinski definition) is 1. The Balaban J connectivity index is 1.83. The Morgan fingerprint density at radius 3 is 2.87 bits per heavy atom. The van der Waals surface area contributed by atoms with E-state index in [9.17, 15) is 0 Å². The minimum atomic E-state index is 0.0423. The lowest BCUT2D eigenvalue weighted by atomic mass is 10.1. The van der Waals surface area contributed by atoms with Gasteiger partial charge in [-0.1, -0.05) is 0 Å². The highest BCUT2D eigenvalue weighted by Crippen LogP contribution is 2.15. The highest BCUT2D eigenvalue weighted by Gasteiger charge is 2.14. The molecule has 2 rings (SSSR count). The van der Waals surface area contributed by atoms with Crippen LogP contribution in [0, 0.1) is 0 Å². The molecule has 0 amide bonds. The summed E-state index contributed by atoms with van der Waals surface area (Å²) in [6.07, 6.45) is 8.62. The quantitative estimate of drug-likeness (QED) is 0.811. The Hall–Kier alpha value is -1.35. The fourth-order valence-corrected chi connectivity index (χ4v) is 1.71. The molecular formula is C12H16N2O. The van der Waals surface area contributed by atoms with E-state index in [1.54, 1.807) is 0 Å². The summed E-state index contributed by atoms with van der Waals surface area (Å²) in [4.78, 5) is 3.98. The van der Waals surface area contributed by atoms with Gasteiger partial charge in [0.25, 0.3) is 0 Å². The predicted molar refractivity (Wildman–Crippen MR) is 59.2 cm³/mol. The van der Waals surface area contributed by atoms with Gasteiger partial charge in [0.2, 0.25) is 0 Å². The number of aryl methyl sites for hydroxylation is 1. The normalized spacial score (nSPS) is 17.0. The highest BCUT2D eigenvalue weighted by molar-refractivity contribution is 5.12. The van der Waals surface area contributed by atoms with Crippen molar-refractivity contribution in [1.29, 1.82) is 0 Å². The summed E-state index contributed by atoms with van der Waals surface area (Å²) >= 11 is 0. The van der Waals surface area contributed by atoms with Crippen LogP contribution in [-0.2, 0) is 11.2 Å². The van der Waals surface area contributed by atoms with Crippen LogP contribution in [0.4, 0.5) is 0 Å². The molecule has 80 valence electrons. The number of hydrogen-bond acceptors (Lipinski definition) is 3. The zero-order valence-corrected chi connectivity index (χ0v) is 8.73. The van der Waals surface area contributed by atoms with Crippen molar-refractivity contribution in [2.24, 2.45) is 5.73 Å². The number of pyridine rings is 1. The van der Waals surface area contributed by atoms with E-state index >= 15 is 0 Å². The molecule has 0 saturated carbocycles. The second-order valence-corrected chi connectivity index (χ2v) is 3.74. The van der Waals surface area contributed by atoms with Crippen LogP contribution in [-0.4, -0.2) is 17.6 Å². The summed E-state index contributed by atoms with van der Waals surface area (Å²) in [5.74, 6) is 0.962. The third kappa shape index (κ3) is 2.80. The molecule has 1 atom stereocenters. The molecule has 0 saturated heterocycles. The number of nitrogens with zero attached hydrogens (tertiary/aromatic N) is 1. The number of aromatic nitrogens is 1. The molecule has 15 heavy (non-hydrogen) atoms. The zero-order valence-electron chi connectivity index (χ0n) is 8.73. The first-order valence-electron chi connectivity index (χ1n) is 5.33. The van der Waals surface area contributed by atoms with Gasteiger partial charge in [-0.3, -0.25) is 4.98 Å². The predicted octanol–water partition coefficient (Wildman–Crippen LogP) is 1.65. The van der Waals surface area contributed by atoms with Gasteiger partial charge in [-0.2, -0.15) is 0 Å². The van der Waals surface area contributed by atoms with Gasteiger partial charge < -0.3 is 10.5 Å². The van der Waals surface area contributed by atoms with Gasteiger partial charge in [-0.15, -0.1) is 0 Å². The van der Waals surface area contributed by atoms with Gasteiger partial charge in [0.05, 0.1) is 12.6 Å². The molecule has 0 radical (unpaired) electrons. The van der Waals surface area contributed by atoms with E-state index < -0.39 is 0 Å². The molecule has 0 aliphatic carbocycles. The number of nitrogens with two attached hydrogens (primary N) is 1. The average molecular weight is 204 g/mol. The minimum absolute atomic E-state index is 0.0423. The molecular weight excluding hydrogens is 188 g/mol. The lowest BCUT2D eigenvalue weighted by molar-refractivity contribution is 0.222. The van der Waals surface area contributed by atoms with Crippen LogP contribution in [0.1, 0.15) is 18.4 Å². The van der Waals surface area contributed by atoms with Gasteiger partial charge in [0.1, 0.15) is 5.76 Å². The van der Waals surface area contributed by atoms with Crippen LogP contribution >= 0.6 is 0 Å². The van der Waals surface area contributed by atoms with Gasteiger partial charge in [-0.25, -0.2) is 0 Å². The van der Waals surface area contributed by atoms with E-state index in [2.05, 4.69) is 11.1 Å². The highest BCUT2D eigenvalue weighted by atomic mass is 16.5. The van der Waals surface area contributed by atoms with Crippen molar-refractivity contribution in [2.45, 2.75) is 25.3 Å². The Bertz CT molecular complexity index is 335. The van der Waals surface area contributed by atoms with Crippen LogP contribution < -0.4 is 5.73 Å². The smallest absolute Gasteiger partial charge is 0.109 e. The third-order valence-corrected chi connectivity index (χ3v) is 2.59. The van der Waals surface area contributed by atoms with Crippen molar-refractivity contribution < 1.29 is 4.74 Å². The zero-order chi connectivity index (χ0) is 10.5. The van der Waals surface area contributed by atoms with Crippen LogP contribution in [0.5, 0.6) is 0 Å². The summed E-state index contributed by atoms with van der Waals surface area (Å²) in [6.45, 7) is 0.790. The maximum absolute atomic E-state index is 6.02. The average Bonchev–Trinajstić information content (AvgIpc) is 2.81. The topological polar surface area (TPSA) is 48.1 Å². The largest absolute Gasteiger partial charge is 0.496 e. The molecule has 0 aromatic carbocycles. The fraction of sp³-hybridized carbons (Fsp3) is 0.417. The SMILES string of the molecule is NC(CCc1ccncc1)C1=CCCO1. The summed E-state index contributed by atoms with van der Waals surface area (Å²) in [5, 5.41) is 0. The molecule has 2 heterocycles. The Kier molecular flexibility index (Phi) is 3.35. The van der Waals surface area contributed by atoms with E-state index in [0.29, 0.717) is 0 Å². The van der Waals surface area contributed by atoms with Crippen LogP contribution in [0.3, 0.4) is 0 Å². The number of rotatable bonds is 4. The van der Waals surface area contributed by atoms with Crippen LogP contribution in [0.2, 0.25) is 0 Å². The lowest BCUT2D eigenvalue weighted by Crippen LogP contribution is -2.23. The standard InChI is InChI=1S/C12H16N2O/c13-11(12-2-1-9-15-12)4-3-10-5-7-14-8-6-10/h2,5-8,11H,1,3-4,9,13H2. The molecule has 3 nitrogen and oxygen atoms in total. The van der Waals surface area contributed by atoms with Crippen LogP contribution in [0.15, 0.2) is 36.4 Å². The monoisotopic (exact) mass is 204 g/mol. The van der Waals surface area contributed by atoms with E-state index in [-0.39, 0.29) is 6.04 Å². The van der Waals surface area contributed by atoms with Crippen molar-refractivity contribution in [3.8, 4) is 0 Å². The van der Waals surface area contributed by atoms with Crippen molar-refractivity contribution >= 4 is 0 Å². The Morgan fingerprint density at radius 1 is 1.40 bits per heavy atom. The van der Waals surface area contributed by atoms with Crippen molar-refractivity contribution in [3.05, 3.63) is 41.9 Å². The van der Waals surface area contributed by atoms with Gasteiger partial charge in [0, 0.05) is 18.8 Å². The summed E-state index contributed by atoms with van der Waals surface area (Å²) in [6, 6.07) is 4.09. The molecule has 1 unspecified atom stereocenters. The second-order valence-electron chi connectivity index (χ2n) is 3.74. The molecule has 0 bridgehead atoms. The molecule has 1 aromatic rings.